The van der Waals surface area contributed by atoms with Crippen LogP contribution in [-0.2, 0) is 5.60 Å². The lowest BCUT2D eigenvalue weighted by molar-refractivity contribution is 0.0938. The lowest BCUT2D eigenvalue weighted by Gasteiger charge is -2.27. The van der Waals surface area contributed by atoms with Crippen LogP contribution in [0.1, 0.15) is 11.1 Å². The predicted octanol–water partition coefficient (Wildman–Crippen LogP) is 2.09. The van der Waals surface area contributed by atoms with Crippen LogP contribution in [0.15, 0.2) is 30.3 Å². The molecule has 0 saturated heterocycles. The number of fused-ring (bicyclic) bond motifs is 2. The normalized spacial score (nSPS) is 20.8. The number of methoxy groups -OCH3 is 2. The number of ether oxygens (including phenoxy) is 4. The summed E-state index contributed by atoms with van der Waals surface area (Å²) in [5.41, 5.74) is 0.870. The van der Waals surface area contributed by atoms with E-state index in [1.807, 2.05) is 24.3 Å². The molecule has 2 aromatic carbocycles. The van der Waals surface area contributed by atoms with Crippen molar-refractivity contribution in [2.24, 2.45) is 0 Å². The molecule has 0 saturated carbocycles. The number of nitrogens with one attached hydrogen (secondary N) is 1. The van der Waals surface area contributed by atoms with Crippen LogP contribution in [0, 0.1) is 0 Å². The van der Waals surface area contributed by atoms with Crippen molar-refractivity contribution in [1.82, 2.24) is 0 Å². The lowest BCUT2D eigenvalue weighted by Crippen LogP contribution is -2.30. The Morgan fingerprint density at radius 2 is 2.00 bits per heavy atom. The molecular weight excluding hydrogens is 298 g/mol. The summed E-state index contributed by atoms with van der Waals surface area (Å²) in [6.45, 7) is 0.412. The molecule has 0 aliphatic carbocycles. The van der Waals surface area contributed by atoms with E-state index >= 15 is 0 Å². The van der Waals surface area contributed by atoms with Crippen LogP contribution in [0.25, 0.3) is 0 Å². The Hall–Kier alpha value is -2.60. The average molecular weight is 315 g/mol. The summed E-state index contributed by atoms with van der Waals surface area (Å²) in [5, 5.41) is 14.7. The lowest BCUT2D eigenvalue weighted by atomic mass is 9.86. The second-order valence-electron chi connectivity index (χ2n) is 5.48. The highest BCUT2D eigenvalue weighted by molar-refractivity contribution is 5.71. The molecule has 1 atom stereocenters. The second-order valence-corrected chi connectivity index (χ2v) is 5.48. The summed E-state index contributed by atoms with van der Waals surface area (Å²) in [6, 6.07) is 9.34. The summed E-state index contributed by atoms with van der Waals surface area (Å²) in [6.07, 6.45) is 0. The maximum Gasteiger partial charge on any atom is 0.231 e. The number of hydrogen-bond acceptors (Lipinski definition) is 6. The number of hydrogen-bond donors (Lipinski definition) is 2. The Kier molecular flexibility index (Phi) is 3.02. The first-order chi connectivity index (χ1) is 11.2. The zero-order valence-corrected chi connectivity index (χ0v) is 12.9. The monoisotopic (exact) mass is 315 g/mol. The molecule has 0 spiro atoms. The van der Waals surface area contributed by atoms with E-state index < -0.39 is 5.60 Å². The molecule has 6 nitrogen and oxygen atoms in total. The number of β-amino-alcohol motifs (C(OH)–C–C–N with tert-alkyl or cyclic N) is 1. The zero-order valence-electron chi connectivity index (χ0n) is 12.9. The van der Waals surface area contributed by atoms with Gasteiger partial charge in [-0.1, -0.05) is 18.2 Å². The molecular formula is C17H17NO5. The number of rotatable bonds is 3. The molecule has 6 heteroatoms. The average Bonchev–Trinajstić information content (AvgIpc) is 3.18. The molecule has 2 aromatic rings. The summed E-state index contributed by atoms with van der Waals surface area (Å²) >= 11 is 0. The maximum atomic E-state index is 11.5. The number of aliphatic hydroxyl groups is 1. The van der Waals surface area contributed by atoms with E-state index in [0.717, 1.165) is 11.3 Å². The fourth-order valence-corrected chi connectivity index (χ4v) is 3.27. The fourth-order valence-electron chi connectivity index (χ4n) is 3.27. The maximum absolute atomic E-state index is 11.5. The number of anilines is 1. The number of benzene rings is 2. The van der Waals surface area contributed by atoms with Gasteiger partial charge in [-0.2, -0.15) is 0 Å². The highest BCUT2D eigenvalue weighted by Crippen LogP contribution is 2.54. The van der Waals surface area contributed by atoms with Crippen LogP contribution >= 0.6 is 0 Å². The molecule has 0 radical (unpaired) electrons. The molecule has 1 unspecified atom stereocenters. The first kappa shape index (κ1) is 14.0. The van der Waals surface area contributed by atoms with Crippen LogP contribution in [0.3, 0.4) is 0 Å². The first-order valence-electron chi connectivity index (χ1n) is 7.30. The standard InChI is InChI=1S/C17H17NO5/c1-20-12-7-13-16(23-9-22-13)14(15(12)21-2)17(19)8-18-11-6-4-3-5-10(11)17/h3-7,18-19H,8-9H2,1-2H3. The third kappa shape index (κ3) is 1.85. The van der Waals surface area contributed by atoms with Crippen molar-refractivity contribution in [2.45, 2.75) is 5.60 Å². The van der Waals surface area contributed by atoms with Gasteiger partial charge in [0.05, 0.1) is 26.3 Å². The van der Waals surface area contributed by atoms with E-state index in [1.165, 1.54) is 0 Å². The molecule has 4 rings (SSSR count). The van der Waals surface area contributed by atoms with Crippen LogP contribution in [0.2, 0.25) is 0 Å². The minimum atomic E-state index is -1.30. The van der Waals surface area contributed by atoms with Gasteiger partial charge in [0.15, 0.2) is 23.0 Å². The summed E-state index contributed by atoms with van der Waals surface area (Å²) < 4.78 is 22.0. The van der Waals surface area contributed by atoms with Crippen molar-refractivity contribution in [3.05, 3.63) is 41.5 Å². The van der Waals surface area contributed by atoms with Gasteiger partial charge in [-0.15, -0.1) is 0 Å². The third-order valence-corrected chi connectivity index (χ3v) is 4.33. The topological polar surface area (TPSA) is 69.2 Å². The fraction of sp³-hybridized carbons (Fsp3) is 0.294. The molecule has 0 bridgehead atoms. The van der Waals surface area contributed by atoms with Gasteiger partial charge >= 0.3 is 0 Å². The van der Waals surface area contributed by atoms with Crippen molar-refractivity contribution in [1.29, 1.82) is 0 Å². The van der Waals surface area contributed by atoms with Crippen LogP contribution in [-0.4, -0.2) is 32.7 Å². The van der Waals surface area contributed by atoms with Crippen molar-refractivity contribution in [2.75, 3.05) is 32.9 Å². The highest BCUT2D eigenvalue weighted by Gasteiger charge is 2.45. The van der Waals surface area contributed by atoms with Crippen LogP contribution in [0.4, 0.5) is 5.69 Å². The Bertz CT molecular complexity index is 776. The molecule has 2 N–H and O–H groups in total. The van der Waals surface area contributed by atoms with Gasteiger partial charge in [0, 0.05) is 17.3 Å². The van der Waals surface area contributed by atoms with E-state index in [0.29, 0.717) is 35.1 Å². The van der Waals surface area contributed by atoms with Crippen LogP contribution < -0.4 is 24.3 Å². The van der Waals surface area contributed by atoms with Gasteiger partial charge in [0.1, 0.15) is 5.60 Å². The largest absolute Gasteiger partial charge is 0.493 e. The van der Waals surface area contributed by atoms with Crippen molar-refractivity contribution in [3.8, 4) is 23.0 Å². The Morgan fingerprint density at radius 1 is 1.17 bits per heavy atom. The quantitative estimate of drug-likeness (QED) is 0.904. The summed E-state index contributed by atoms with van der Waals surface area (Å²) in [7, 11) is 3.09. The van der Waals surface area contributed by atoms with Gasteiger partial charge in [-0.3, -0.25) is 0 Å². The highest BCUT2D eigenvalue weighted by atomic mass is 16.7. The van der Waals surface area contributed by atoms with E-state index in [1.54, 1.807) is 20.3 Å². The molecule has 0 fully saturated rings. The Morgan fingerprint density at radius 3 is 2.78 bits per heavy atom. The van der Waals surface area contributed by atoms with Gasteiger partial charge in [0.2, 0.25) is 6.79 Å². The van der Waals surface area contributed by atoms with E-state index in [9.17, 15) is 5.11 Å². The van der Waals surface area contributed by atoms with E-state index in [4.69, 9.17) is 18.9 Å². The summed E-state index contributed by atoms with van der Waals surface area (Å²) in [5.74, 6) is 1.96. The van der Waals surface area contributed by atoms with Crippen molar-refractivity contribution in [3.63, 3.8) is 0 Å². The molecule has 120 valence electrons. The smallest absolute Gasteiger partial charge is 0.231 e. The third-order valence-electron chi connectivity index (χ3n) is 4.33. The van der Waals surface area contributed by atoms with E-state index in [-0.39, 0.29) is 6.79 Å². The molecule has 2 aliphatic heterocycles. The molecule has 23 heavy (non-hydrogen) atoms. The number of para-hydroxylation sites is 1. The Balaban J connectivity index is 2.01. The molecule has 2 heterocycles. The molecule has 0 aromatic heterocycles. The minimum Gasteiger partial charge on any atom is -0.493 e. The predicted molar refractivity (Wildman–Crippen MR) is 83.6 cm³/mol. The molecule has 0 amide bonds. The van der Waals surface area contributed by atoms with Gasteiger partial charge in [-0.25, -0.2) is 0 Å². The van der Waals surface area contributed by atoms with Crippen LogP contribution in [0.5, 0.6) is 23.0 Å². The second kappa shape index (κ2) is 4.96. The Labute approximate surface area is 133 Å². The van der Waals surface area contributed by atoms with Crippen molar-refractivity contribution >= 4 is 5.69 Å². The first-order valence-corrected chi connectivity index (χ1v) is 7.30. The minimum absolute atomic E-state index is 0.101. The summed E-state index contributed by atoms with van der Waals surface area (Å²) in [4.78, 5) is 0. The molecule has 2 aliphatic rings. The SMILES string of the molecule is COc1cc2c(c(C3(O)CNc4ccccc43)c1OC)OCO2. The van der Waals surface area contributed by atoms with Gasteiger partial charge < -0.3 is 29.4 Å². The van der Waals surface area contributed by atoms with E-state index in [2.05, 4.69) is 5.32 Å². The van der Waals surface area contributed by atoms with Gasteiger partial charge in [-0.05, 0) is 6.07 Å². The van der Waals surface area contributed by atoms with Gasteiger partial charge in [0.25, 0.3) is 0 Å². The zero-order chi connectivity index (χ0) is 16.0. The van der Waals surface area contributed by atoms with Crippen molar-refractivity contribution < 1.29 is 24.1 Å².